The summed E-state index contributed by atoms with van der Waals surface area (Å²) in [4.78, 5) is 14.6. The summed E-state index contributed by atoms with van der Waals surface area (Å²) in [6.45, 7) is 9.32. The van der Waals surface area contributed by atoms with Crippen molar-refractivity contribution in [3.8, 4) is 0 Å². The summed E-state index contributed by atoms with van der Waals surface area (Å²) < 4.78 is 11.5. The lowest BCUT2D eigenvalue weighted by molar-refractivity contribution is -0.150. The van der Waals surface area contributed by atoms with Gasteiger partial charge >= 0.3 is 5.97 Å². The number of esters is 1. The van der Waals surface area contributed by atoms with E-state index in [2.05, 4.69) is 67.3 Å². The molecule has 2 aromatic rings. The van der Waals surface area contributed by atoms with Crippen LogP contribution in [0.1, 0.15) is 44.7 Å². The summed E-state index contributed by atoms with van der Waals surface area (Å²) in [6, 6.07) is 21.4. The molecule has 1 aliphatic heterocycles. The predicted octanol–water partition coefficient (Wildman–Crippen LogP) is 4.85. The van der Waals surface area contributed by atoms with Crippen LogP contribution in [0.4, 0.5) is 0 Å². The molecular formula is C25H34ClNO3. The van der Waals surface area contributed by atoms with E-state index in [0.29, 0.717) is 6.04 Å². The molecule has 164 valence electrons. The molecule has 0 saturated carbocycles. The van der Waals surface area contributed by atoms with Gasteiger partial charge in [-0.25, -0.2) is 0 Å². The zero-order valence-corrected chi connectivity index (χ0v) is 19.1. The van der Waals surface area contributed by atoms with Crippen LogP contribution in [-0.4, -0.2) is 49.3 Å². The number of hydrogen-bond acceptors (Lipinski definition) is 4. The van der Waals surface area contributed by atoms with Gasteiger partial charge in [-0.3, -0.25) is 9.69 Å². The smallest absolute Gasteiger partial charge is 0.302 e. The third-order valence-corrected chi connectivity index (χ3v) is 6.09. The van der Waals surface area contributed by atoms with Crippen molar-refractivity contribution in [1.82, 2.24) is 4.90 Å². The highest BCUT2D eigenvalue weighted by Crippen LogP contribution is 2.43. The molecule has 1 saturated heterocycles. The van der Waals surface area contributed by atoms with Gasteiger partial charge in [-0.05, 0) is 30.9 Å². The van der Waals surface area contributed by atoms with Gasteiger partial charge in [-0.15, -0.1) is 12.4 Å². The van der Waals surface area contributed by atoms with Crippen LogP contribution in [0, 0.1) is 0 Å². The van der Waals surface area contributed by atoms with Crippen molar-refractivity contribution in [2.24, 2.45) is 0 Å². The summed E-state index contributed by atoms with van der Waals surface area (Å²) in [7, 11) is 0. The lowest BCUT2D eigenvalue weighted by Crippen LogP contribution is -2.50. The van der Waals surface area contributed by atoms with Gasteiger partial charge in [0.05, 0.1) is 18.6 Å². The van der Waals surface area contributed by atoms with E-state index in [-0.39, 0.29) is 24.5 Å². The highest BCUT2D eigenvalue weighted by molar-refractivity contribution is 5.85. The Morgan fingerprint density at radius 3 is 1.97 bits per heavy atom. The fourth-order valence-electron chi connectivity index (χ4n) is 4.72. The summed E-state index contributed by atoms with van der Waals surface area (Å²) in [6.07, 6.45) is 1.37. The van der Waals surface area contributed by atoms with Crippen molar-refractivity contribution >= 4 is 18.4 Å². The number of benzene rings is 2. The van der Waals surface area contributed by atoms with Crippen molar-refractivity contribution < 1.29 is 14.3 Å². The standard InChI is InChI=1S/C25H33NO3.ClH/c1-4-24(29-21(3)27)25(22-11-7-5-8-12-22,23-13-9-6-10-14-23)19-20(2)26-15-17-28-18-16-26;/h5-14,20,24H,4,15-19H2,1-3H3;1H. The van der Waals surface area contributed by atoms with Crippen LogP contribution in [-0.2, 0) is 19.7 Å². The van der Waals surface area contributed by atoms with Gasteiger partial charge in [0.25, 0.3) is 0 Å². The first-order chi connectivity index (χ1) is 14.1. The van der Waals surface area contributed by atoms with E-state index in [1.165, 1.54) is 18.1 Å². The lowest BCUT2D eigenvalue weighted by Gasteiger charge is -2.45. The Morgan fingerprint density at radius 2 is 1.53 bits per heavy atom. The fraction of sp³-hybridized carbons (Fsp3) is 0.480. The Bertz CT molecular complexity index is 723. The van der Waals surface area contributed by atoms with Crippen LogP contribution in [0.15, 0.2) is 60.7 Å². The quantitative estimate of drug-likeness (QED) is 0.560. The molecule has 2 aromatic carbocycles. The molecule has 0 bridgehead atoms. The molecule has 1 heterocycles. The maximum atomic E-state index is 12.1. The van der Waals surface area contributed by atoms with Crippen LogP contribution in [0.25, 0.3) is 0 Å². The van der Waals surface area contributed by atoms with E-state index in [0.717, 1.165) is 39.1 Å². The molecule has 30 heavy (non-hydrogen) atoms. The molecule has 0 spiro atoms. The van der Waals surface area contributed by atoms with E-state index in [1.807, 2.05) is 12.1 Å². The van der Waals surface area contributed by atoms with Crippen LogP contribution < -0.4 is 0 Å². The van der Waals surface area contributed by atoms with E-state index < -0.39 is 5.41 Å². The minimum atomic E-state index is -0.416. The van der Waals surface area contributed by atoms with Gasteiger partial charge < -0.3 is 9.47 Å². The maximum absolute atomic E-state index is 12.1. The predicted molar refractivity (Wildman–Crippen MR) is 123 cm³/mol. The third kappa shape index (κ3) is 5.42. The summed E-state index contributed by atoms with van der Waals surface area (Å²) in [5.41, 5.74) is 1.97. The second kappa shape index (κ2) is 11.5. The maximum Gasteiger partial charge on any atom is 0.302 e. The van der Waals surface area contributed by atoms with E-state index >= 15 is 0 Å². The highest BCUT2D eigenvalue weighted by Gasteiger charge is 2.45. The van der Waals surface area contributed by atoms with Crippen LogP contribution in [0.3, 0.4) is 0 Å². The molecule has 2 atom stereocenters. The minimum absolute atomic E-state index is 0. The van der Waals surface area contributed by atoms with Gasteiger partial charge in [-0.2, -0.15) is 0 Å². The topological polar surface area (TPSA) is 38.8 Å². The van der Waals surface area contributed by atoms with Crippen molar-refractivity contribution in [2.75, 3.05) is 26.3 Å². The van der Waals surface area contributed by atoms with Crippen LogP contribution >= 0.6 is 12.4 Å². The molecule has 0 amide bonds. The van der Waals surface area contributed by atoms with Crippen LogP contribution in [0.5, 0.6) is 0 Å². The second-order valence-corrected chi connectivity index (χ2v) is 7.91. The molecule has 3 rings (SSSR count). The molecular weight excluding hydrogens is 398 g/mol. The largest absolute Gasteiger partial charge is 0.461 e. The number of rotatable bonds is 8. The summed E-state index contributed by atoms with van der Waals surface area (Å²) in [5.74, 6) is -0.230. The zero-order chi connectivity index (χ0) is 20.7. The Labute approximate surface area is 187 Å². The monoisotopic (exact) mass is 431 g/mol. The number of hydrogen-bond donors (Lipinski definition) is 0. The van der Waals surface area contributed by atoms with Gasteiger partial charge in [0.15, 0.2) is 0 Å². The summed E-state index contributed by atoms with van der Waals surface area (Å²) in [5, 5.41) is 0. The molecule has 2 unspecified atom stereocenters. The van der Waals surface area contributed by atoms with Gasteiger partial charge in [0, 0.05) is 26.1 Å². The Morgan fingerprint density at radius 1 is 1.03 bits per heavy atom. The minimum Gasteiger partial charge on any atom is -0.461 e. The normalized spacial score (nSPS) is 16.9. The molecule has 1 aliphatic rings. The van der Waals surface area contributed by atoms with Gasteiger partial charge in [0.1, 0.15) is 6.10 Å². The van der Waals surface area contributed by atoms with Crippen LogP contribution in [0.2, 0.25) is 0 Å². The number of ether oxygens (including phenoxy) is 2. The zero-order valence-electron chi connectivity index (χ0n) is 18.3. The van der Waals surface area contributed by atoms with Crippen molar-refractivity contribution in [3.05, 3.63) is 71.8 Å². The van der Waals surface area contributed by atoms with Gasteiger partial charge in [-0.1, -0.05) is 67.6 Å². The SMILES string of the molecule is CCC(OC(C)=O)C(CC(C)N1CCOCC1)(c1ccccc1)c1ccccc1.Cl. The van der Waals surface area contributed by atoms with Crippen molar-refractivity contribution in [2.45, 2.75) is 51.2 Å². The molecule has 5 heteroatoms. The first kappa shape index (κ1) is 24.4. The molecule has 4 nitrogen and oxygen atoms in total. The second-order valence-electron chi connectivity index (χ2n) is 7.91. The molecule has 0 aromatic heterocycles. The third-order valence-electron chi connectivity index (χ3n) is 6.09. The molecule has 0 radical (unpaired) electrons. The van der Waals surface area contributed by atoms with E-state index in [9.17, 15) is 4.79 Å². The van der Waals surface area contributed by atoms with Crippen molar-refractivity contribution in [1.29, 1.82) is 0 Å². The average molecular weight is 432 g/mol. The first-order valence-corrected chi connectivity index (χ1v) is 10.7. The Kier molecular flexibility index (Phi) is 9.35. The van der Waals surface area contributed by atoms with E-state index in [4.69, 9.17) is 9.47 Å². The number of nitrogens with zero attached hydrogens (tertiary/aromatic N) is 1. The van der Waals surface area contributed by atoms with E-state index in [1.54, 1.807) is 0 Å². The van der Waals surface area contributed by atoms with Crippen molar-refractivity contribution in [3.63, 3.8) is 0 Å². The number of morpholine rings is 1. The fourth-order valence-corrected chi connectivity index (χ4v) is 4.72. The molecule has 0 N–H and O–H groups in total. The highest BCUT2D eigenvalue weighted by atomic mass is 35.5. The molecule has 1 fully saturated rings. The first-order valence-electron chi connectivity index (χ1n) is 10.7. The number of carbonyl (C=O) groups is 1. The Balaban J connectivity index is 0.00000320. The average Bonchev–Trinajstić information content (AvgIpc) is 2.77. The number of halogens is 1. The molecule has 0 aliphatic carbocycles. The number of carbonyl (C=O) groups excluding carboxylic acids is 1. The van der Waals surface area contributed by atoms with Gasteiger partial charge in [0.2, 0.25) is 0 Å². The lowest BCUT2D eigenvalue weighted by atomic mass is 9.65. The summed E-state index contributed by atoms with van der Waals surface area (Å²) >= 11 is 0. The Hall–Kier alpha value is -1.88.